The molecule has 1 aliphatic rings. The van der Waals surface area contributed by atoms with E-state index in [-0.39, 0.29) is 28.2 Å². The molecule has 1 aromatic heterocycles. The van der Waals surface area contributed by atoms with Crippen LogP contribution in [0.25, 0.3) is 10.9 Å². The maximum Gasteiger partial charge on any atom is 0.267 e. The van der Waals surface area contributed by atoms with Gasteiger partial charge in [0.05, 0.1) is 10.5 Å². The molecular weight excluding hydrogens is 300 g/mol. The molecule has 3 rings (SSSR count). The first kappa shape index (κ1) is 14.3. The van der Waals surface area contributed by atoms with E-state index >= 15 is 0 Å². The van der Waals surface area contributed by atoms with Gasteiger partial charge < -0.3 is 15.6 Å². The number of aromatic amines is 1. The van der Waals surface area contributed by atoms with Crippen molar-refractivity contribution in [2.75, 3.05) is 13.1 Å². The monoisotopic (exact) mass is 313 g/mol. The van der Waals surface area contributed by atoms with E-state index in [2.05, 4.69) is 15.6 Å². The number of nitrogens with one attached hydrogen (secondary N) is 3. The van der Waals surface area contributed by atoms with Gasteiger partial charge in [-0.25, -0.2) is 8.78 Å². The van der Waals surface area contributed by atoms with Gasteiger partial charge in [0.1, 0.15) is 5.69 Å². The van der Waals surface area contributed by atoms with Gasteiger partial charge in [-0.15, -0.1) is 0 Å². The van der Waals surface area contributed by atoms with Gasteiger partial charge in [-0.2, -0.15) is 0 Å². The number of amides is 1. The lowest BCUT2D eigenvalue weighted by molar-refractivity contribution is 0.0926. The molecule has 1 unspecified atom stereocenters. The second-order valence-electron chi connectivity index (χ2n) is 5.15. The summed E-state index contributed by atoms with van der Waals surface area (Å²) in [6.45, 7) is 1.66. The Morgan fingerprint density at radius 2 is 2.14 bits per heavy atom. The summed E-state index contributed by atoms with van der Waals surface area (Å²) < 4.78 is 27.2. The molecule has 0 saturated carbocycles. The number of H-pyrrole nitrogens is 1. The standard InChI is InChI=1S/C14H14ClF2N3O/c15-9-4-7-5-10(20-13(7)12(17)11(9)16)14(21)19-8-2-1-3-18-6-8/h4-5,8,18,20H,1-3,6H2,(H,19,21). The number of carbonyl (C=O) groups excluding carboxylic acids is 1. The number of aromatic nitrogens is 1. The Kier molecular flexibility index (Phi) is 3.82. The van der Waals surface area contributed by atoms with E-state index < -0.39 is 11.6 Å². The summed E-state index contributed by atoms with van der Waals surface area (Å²) in [5, 5.41) is 6.12. The van der Waals surface area contributed by atoms with Crippen molar-refractivity contribution < 1.29 is 13.6 Å². The Morgan fingerprint density at radius 3 is 2.86 bits per heavy atom. The number of benzene rings is 1. The van der Waals surface area contributed by atoms with Gasteiger partial charge in [-0.3, -0.25) is 4.79 Å². The maximum atomic E-state index is 13.8. The highest BCUT2D eigenvalue weighted by Crippen LogP contribution is 2.27. The average Bonchev–Trinajstić information content (AvgIpc) is 2.90. The van der Waals surface area contributed by atoms with E-state index in [9.17, 15) is 13.6 Å². The molecule has 112 valence electrons. The zero-order valence-corrected chi connectivity index (χ0v) is 11.9. The molecule has 1 aliphatic heterocycles. The lowest BCUT2D eigenvalue weighted by atomic mass is 10.1. The molecule has 0 aliphatic carbocycles. The van der Waals surface area contributed by atoms with E-state index in [1.165, 1.54) is 12.1 Å². The third-order valence-corrected chi connectivity index (χ3v) is 3.90. The Balaban J connectivity index is 1.86. The van der Waals surface area contributed by atoms with Gasteiger partial charge >= 0.3 is 0 Å². The first-order valence-electron chi connectivity index (χ1n) is 6.74. The molecule has 1 fully saturated rings. The molecular formula is C14H14ClF2N3O. The fourth-order valence-electron chi connectivity index (χ4n) is 2.54. The summed E-state index contributed by atoms with van der Waals surface area (Å²) in [6, 6.07) is 2.81. The van der Waals surface area contributed by atoms with Crippen LogP contribution in [0, 0.1) is 11.6 Å². The lowest BCUT2D eigenvalue weighted by Crippen LogP contribution is -2.45. The first-order chi connectivity index (χ1) is 10.1. The summed E-state index contributed by atoms with van der Waals surface area (Å²) in [7, 11) is 0. The van der Waals surface area contributed by atoms with Crippen LogP contribution in [0.4, 0.5) is 8.78 Å². The zero-order valence-electron chi connectivity index (χ0n) is 11.1. The van der Waals surface area contributed by atoms with Crippen molar-refractivity contribution in [3.8, 4) is 0 Å². The second kappa shape index (κ2) is 5.61. The predicted octanol–water partition coefficient (Wildman–Crippen LogP) is 2.58. The molecule has 1 saturated heterocycles. The number of halogens is 3. The molecule has 1 amide bonds. The summed E-state index contributed by atoms with van der Waals surface area (Å²) >= 11 is 5.60. The SMILES string of the molecule is O=C(NC1CCCNC1)c1cc2cc(Cl)c(F)c(F)c2[nH]1. The topological polar surface area (TPSA) is 56.9 Å². The molecule has 1 atom stereocenters. The minimum atomic E-state index is -1.12. The molecule has 1 aromatic carbocycles. The van der Waals surface area contributed by atoms with Gasteiger partial charge in [0.2, 0.25) is 0 Å². The van der Waals surface area contributed by atoms with Crippen LogP contribution in [0.1, 0.15) is 23.3 Å². The number of fused-ring (bicyclic) bond motifs is 1. The van der Waals surface area contributed by atoms with Crippen molar-refractivity contribution in [1.29, 1.82) is 0 Å². The lowest BCUT2D eigenvalue weighted by Gasteiger charge is -2.23. The molecule has 0 bridgehead atoms. The van der Waals surface area contributed by atoms with Crippen molar-refractivity contribution in [2.45, 2.75) is 18.9 Å². The van der Waals surface area contributed by atoms with Crippen molar-refractivity contribution in [2.24, 2.45) is 0 Å². The molecule has 0 spiro atoms. The van der Waals surface area contributed by atoms with Crippen LogP contribution in [-0.2, 0) is 0 Å². The van der Waals surface area contributed by atoms with Gasteiger partial charge in [0, 0.05) is 18.0 Å². The van der Waals surface area contributed by atoms with Gasteiger partial charge in [0.25, 0.3) is 5.91 Å². The normalized spacial score (nSPS) is 18.9. The smallest absolute Gasteiger partial charge is 0.267 e. The van der Waals surface area contributed by atoms with Gasteiger partial charge in [-0.05, 0) is 31.5 Å². The summed E-state index contributed by atoms with van der Waals surface area (Å²) in [6.07, 6.45) is 1.89. The van der Waals surface area contributed by atoms with Crippen molar-refractivity contribution in [3.63, 3.8) is 0 Å². The van der Waals surface area contributed by atoms with Gasteiger partial charge in [0.15, 0.2) is 11.6 Å². The minimum Gasteiger partial charge on any atom is -0.348 e. The van der Waals surface area contributed by atoms with Crippen LogP contribution >= 0.6 is 11.6 Å². The fraction of sp³-hybridized carbons (Fsp3) is 0.357. The highest BCUT2D eigenvalue weighted by Gasteiger charge is 2.20. The van der Waals surface area contributed by atoms with E-state index in [1.807, 2.05) is 0 Å². The van der Waals surface area contributed by atoms with E-state index in [4.69, 9.17) is 11.6 Å². The predicted molar refractivity (Wildman–Crippen MR) is 76.6 cm³/mol. The molecule has 3 N–H and O–H groups in total. The molecule has 2 aromatic rings. The van der Waals surface area contributed by atoms with Gasteiger partial charge in [-0.1, -0.05) is 11.6 Å². The van der Waals surface area contributed by atoms with Crippen LogP contribution in [-0.4, -0.2) is 30.0 Å². The highest BCUT2D eigenvalue weighted by molar-refractivity contribution is 6.31. The Hall–Kier alpha value is -1.66. The van der Waals surface area contributed by atoms with Crippen LogP contribution in [0.2, 0.25) is 5.02 Å². The Labute approximate surface area is 124 Å². The van der Waals surface area contributed by atoms with Crippen LogP contribution < -0.4 is 10.6 Å². The number of carbonyl (C=O) groups is 1. The third-order valence-electron chi connectivity index (χ3n) is 3.63. The van der Waals surface area contributed by atoms with E-state index in [0.717, 1.165) is 19.4 Å². The Bertz CT molecular complexity index is 695. The van der Waals surface area contributed by atoms with E-state index in [0.29, 0.717) is 11.9 Å². The van der Waals surface area contributed by atoms with Crippen molar-refractivity contribution >= 4 is 28.4 Å². The number of hydrogen-bond donors (Lipinski definition) is 3. The summed E-state index contributed by atoms with van der Waals surface area (Å²) in [5.74, 6) is -2.53. The zero-order chi connectivity index (χ0) is 15.0. The van der Waals surface area contributed by atoms with Crippen LogP contribution in [0.15, 0.2) is 12.1 Å². The number of hydrogen-bond acceptors (Lipinski definition) is 2. The summed E-state index contributed by atoms with van der Waals surface area (Å²) in [5.41, 5.74) is 0.139. The average molecular weight is 314 g/mol. The maximum absolute atomic E-state index is 13.8. The third kappa shape index (κ3) is 2.73. The highest BCUT2D eigenvalue weighted by atomic mass is 35.5. The Morgan fingerprint density at radius 1 is 1.33 bits per heavy atom. The number of piperidine rings is 1. The van der Waals surface area contributed by atoms with E-state index in [1.54, 1.807) is 0 Å². The number of rotatable bonds is 2. The largest absolute Gasteiger partial charge is 0.348 e. The fourth-order valence-corrected chi connectivity index (χ4v) is 2.74. The second-order valence-corrected chi connectivity index (χ2v) is 5.56. The molecule has 21 heavy (non-hydrogen) atoms. The molecule has 7 heteroatoms. The van der Waals surface area contributed by atoms with Crippen LogP contribution in [0.3, 0.4) is 0 Å². The van der Waals surface area contributed by atoms with Crippen molar-refractivity contribution in [1.82, 2.24) is 15.6 Å². The summed E-state index contributed by atoms with van der Waals surface area (Å²) in [4.78, 5) is 14.8. The quantitative estimate of drug-likeness (QED) is 0.746. The van der Waals surface area contributed by atoms with Crippen LogP contribution in [0.5, 0.6) is 0 Å². The molecule has 4 nitrogen and oxygen atoms in total. The minimum absolute atomic E-state index is 0.0443. The molecule has 2 heterocycles. The van der Waals surface area contributed by atoms with Crippen molar-refractivity contribution in [3.05, 3.63) is 34.5 Å². The first-order valence-corrected chi connectivity index (χ1v) is 7.12. The molecule has 0 radical (unpaired) electrons.